The van der Waals surface area contributed by atoms with Crippen LogP contribution in [0.25, 0.3) is 0 Å². The molecule has 12 nitrogen and oxygen atoms in total. The van der Waals surface area contributed by atoms with Crippen LogP contribution in [0.15, 0.2) is 11.5 Å². The number of ether oxygens (including phenoxy) is 7. The highest BCUT2D eigenvalue weighted by Crippen LogP contribution is 2.43. The van der Waals surface area contributed by atoms with Gasteiger partial charge in [0, 0.05) is 27.2 Å². The summed E-state index contributed by atoms with van der Waals surface area (Å²) < 4.78 is 36.8. The first-order valence-electron chi connectivity index (χ1n) is 9.35. The van der Waals surface area contributed by atoms with Crippen molar-refractivity contribution in [2.45, 2.75) is 70.3 Å². The van der Waals surface area contributed by atoms with E-state index in [1.54, 1.807) is 0 Å². The number of esters is 3. The highest BCUT2D eigenvalue weighted by Gasteiger charge is 2.62. The quantitative estimate of drug-likeness (QED) is 0.148. The van der Waals surface area contributed by atoms with Crippen LogP contribution >= 0.6 is 0 Å². The summed E-state index contributed by atoms with van der Waals surface area (Å²) in [5.41, 5.74) is 0. The lowest BCUT2D eigenvalue weighted by atomic mass is 10.1. The first kappa shape index (κ1) is 22.6. The van der Waals surface area contributed by atoms with E-state index in [9.17, 15) is 24.6 Å². The van der Waals surface area contributed by atoms with Gasteiger partial charge in [0.1, 0.15) is 30.5 Å². The predicted octanol–water partition coefficient (Wildman–Crippen LogP) is -1.14. The Kier molecular flexibility index (Phi) is 7.06. The third kappa shape index (κ3) is 5.33. The van der Waals surface area contributed by atoms with Crippen LogP contribution in [0.4, 0.5) is 0 Å². The van der Waals surface area contributed by atoms with Crippen molar-refractivity contribution in [3.63, 3.8) is 0 Å². The standard InChI is InChI=1S/C18H24O12/c1-7(19)24-5-4-10(22)12(26-8(2)20)15(27-9(3)21)17(23)30-13-11-6-25-18(28-11)16-14(13)29-16/h10-11,13-14,16-18,22-23H,4-6H2,1-3H3/b15-12+/t10-,11?,13-,14?,16?,17+,18-/m1/s1. The van der Waals surface area contributed by atoms with Gasteiger partial charge in [0.2, 0.25) is 12.0 Å². The molecule has 3 saturated heterocycles. The Hall–Kier alpha value is -2.09. The van der Waals surface area contributed by atoms with Crippen LogP contribution in [0.5, 0.6) is 0 Å². The van der Waals surface area contributed by atoms with Crippen LogP contribution < -0.4 is 0 Å². The maximum absolute atomic E-state index is 11.6. The molecule has 12 heteroatoms. The molecule has 3 aliphatic rings. The molecule has 0 spiro atoms. The van der Waals surface area contributed by atoms with Crippen molar-refractivity contribution in [1.29, 1.82) is 0 Å². The number of carbonyl (C=O) groups excluding carboxylic acids is 3. The van der Waals surface area contributed by atoms with E-state index in [1.165, 1.54) is 6.92 Å². The Labute approximate surface area is 171 Å². The Morgan fingerprint density at radius 3 is 2.27 bits per heavy atom. The van der Waals surface area contributed by atoms with Gasteiger partial charge in [0.25, 0.3) is 0 Å². The summed E-state index contributed by atoms with van der Waals surface area (Å²) in [6.07, 6.45) is -6.10. The first-order valence-corrected chi connectivity index (χ1v) is 9.35. The van der Waals surface area contributed by atoms with Gasteiger partial charge < -0.3 is 43.4 Å². The maximum atomic E-state index is 11.6. The number of hydrogen-bond donors (Lipinski definition) is 2. The Bertz CT molecular complexity index is 718. The third-order valence-corrected chi connectivity index (χ3v) is 4.51. The zero-order valence-electron chi connectivity index (χ0n) is 16.6. The van der Waals surface area contributed by atoms with Gasteiger partial charge >= 0.3 is 17.9 Å². The second kappa shape index (κ2) is 9.37. The van der Waals surface area contributed by atoms with Crippen molar-refractivity contribution in [3.05, 3.63) is 11.5 Å². The van der Waals surface area contributed by atoms with Crippen LogP contribution in [-0.4, -0.2) is 84.4 Å². The Morgan fingerprint density at radius 1 is 0.967 bits per heavy atom. The fourth-order valence-corrected chi connectivity index (χ4v) is 3.25. The summed E-state index contributed by atoms with van der Waals surface area (Å²) in [5, 5.41) is 21.0. The zero-order valence-corrected chi connectivity index (χ0v) is 16.6. The van der Waals surface area contributed by atoms with Crippen molar-refractivity contribution >= 4 is 17.9 Å². The molecule has 0 aromatic carbocycles. The molecule has 2 N–H and O–H groups in total. The minimum atomic E-state index is -1.90. The van der Waals surface area contributed by atoms with E-state index in [-0.39, 0.29) is 31.8 Å². The summed E-state index contributed by atoms with van der Waals surface area (Å²) in [4.78, 5) is 34.0. The zero-order chi connectivity index (χ0) is 22.0. The largest absolute Gasteiger partial charge is 0.466 e. The minimum absolute atomic E-state index is 0.196. The molecular formula is C18H24O12. The molecule has 2 bridgehead atoms. The average Bonchev–Trinajstić information content (AvgIpc) is 3.33. The lowest BCUT2D eigenvalue weighted by molar-refractivity contribution is -0.189. The SMILES string of the molecule is CC(=O)OCC[C@@H](O)/C(OC(C)=O)=C(\OC(C)=O)[C@@H](O)O[C@@H]1C2CO[C@H](O2)C2OC21. The number of rotatable bonds is 9. The molecule has 0 saturated carbocycles. The predicted molar refractivity (Wildman–Crippen MR) is 92.0 cm³/mol. The molecule has 3 fully saturated rings. The van der Waals surface area contributed by atoms with Crippen molar-refractivity contribution < 1.29 is 57.8 Å². The molecule has 168 valence electrons. The highest BCUT2D eigenvalue weighted by molar-refractivity contribution is 5.69. The van der Waals surface area contributed by atoms with Crippen LogP contribution in [0.2, 0.25) is 0 Å². The van der Waals surface area contributed by atoms with Gasteiger partial charge in [0.05, 0.1) is 13.2 Å². The monoisotopic (exact) mass is 432 g/mol. The number of carbonyl (C=O) groups is 3. The summed E-state index contributed by atoms with van der Waals surface area (Å²) in [5.74, 6) is -3.41. The lowest BCUT2D eigenvalue weighted by Crippen LogP contribution is -2.44. The van der Waals surface area contributed by atoms with Gasteiger partial charge in [-0.25, -0.2) is 0 Å². The molecule has 0 radical (unpaired) electrons. The van der Waals surface area contributed by atoms with E-state index in [0.29, 0.717) is 0 Å². The molecule has 3 unspecified atom stereocenters. The highest BCUT2D eigenvalue weighted by atomic mass is 16.8. The molecule has 3 aliphatic heterocycles. The first-order chi connectivity index (χ1) is 14.2. The molecule has 3 rings (SSSR count). The average molecular weight is 432 g/mol. The number of aliphatic hydroxyl groups is 2. The Morgan fingerprint density at radius 2 is 1.63 bits per heavy atom. The number of fused-ring (bicyclic) bond motifs is 4. The van der Waals surface area contributed by atoms with Crippen LogP contribution in [0.1, 0.15) is 27.2 Å². The normalized spacial score (nSPS) is 31.7. The van der Waals surface area contributed by atoms with Crippen molar-refractivity contribution in [1.82, 2.24) is 0 Å². The topological polar surface area (TPSA) is 160 Å². The molecule has 0 aromatic rings. The van der Waals surface area contributed by atoms with Gasteiger partial charge in [-0.3, -0.25) is 14.4 Å². The number of aliphatic hydroxyl groups excluding tert-OH is 2. The maximum Gasteiger partial charge on any atom is 0.308 e. The summed E-state index contributed by atoms with van der Waals surface area (Å²) in [6.45, 7) is 3.33. The molecular weight excluding hydrogens is 408 g/mol. The van der Waals surface area contributed by atoms with Crippen LogP contribution in [0, 0.1) is 0 Å². The Balaban J connectivity index is 1.79. The smallest absolute Gasteiger partial charge is 0.308 e. The van der Waals surface area contributed by atoms with Gasteiger partial charge in [-0.1, -0.05) is 0 Å². The fourth-order valence-electron chi connectivity index (χ4n) is 3.25. The molecule has 30 heavy (non-hydrogen) atoms. The summed E-state index contributed by atoms with van der Waals surface area (Å²) in [6, 6.07) is 0. The summed E-state index contributed by atoms with van der Waals surface area (Å²) >= 11 is 0. The van der Waals surface area contributed by atoms with E-state index in [4.69, 9.17) is 33.2 Å². The second-order valence-electron chi connectivity index (χ2n) is 6.95. The van der Waals surface area contributed by atoms with Crippen molar-refractivity contribution in [3.8, 4) is 0 Å². The van der Waals surface area contributed by atoms with Gasteiger partial charge in [-0.05, 0) is 0 Å². The molecule has 7 atom stereocenters. The summed E-state index contributed by atoms with van der Waals surface area (Å²) in [7, 11) is 0. The van der Waals surface area contributed by atoms with E-state index in [2.05, 4.69) is 0 Å². The van der Waals surface area contributed by atoms with E-state index < -0.39 is 60.3 Å². The third-order valence-electron chi connectivity index (χ3n) is 4.51. The van der Waals surface area contributed by atoms with Crippen LogP contribution in [0.3, 0.4) is 0 Å². The molecule has 0 aliphatic carbocycles. The van der Waals surface area contributed by atoms with Crippen LogP contribution in [-0.2, 0) is 47.5 Å². The van der Waals surface area contributed by atoms with Crippen molar-refractivity contribution in [2.24, 2.45) is 0 Å². The van der Waals surface area contributed by atoms with E-state index in [1.807, 2.05) is 0 Å². The number of epoxide rings is 1. The lowest BCUT2D eigenvalue weighted by Gasteiger charge is -2.28. The van der Waals surface area contributed by atoms with E-state index >= 15 is 0 Å². The minimum Gasteiger partial charge on any atom is -0.466 e. The fraction of sp³-hybridized carbons (Fsp3) is 0.722. The molecule has 0 amide bonds. The second-order valence-corrected chi connectivity index (χ2v) is 6.95. The van der Waals surface area contributed by atoms with E-state index in [0.717, 1.165) is 13.8 Å². The molecule has 0 aromatic heterocycles. The van der Waals surface area contributed by atoms with Crippen molar-refractivity contribution in [2.75, 3.05) is 13.2 Å². The molecule has 3 heterocycles. The van der Waals surface area contributed by atoms with Gasteiger partial charge in [-0.2, -0.15) is 0 Å². The van der Waals surface area contributed by atoms with Gasteiger partial charge in [-0.15, -0.1) is 0 Å². The van der Waals surface area contributed by atoms with Gasteiger partial charge in [0.15, 0.2) is 12.0 Å². The number of hydrogen-bond acceptors (Lipinski definition) is 12.